The summed E-state index contributed by atoms with van der Waals surface area (Å²) in [5, 5.41) is 6.83. The van der Waals surface area contributed by atoms with Crippen molar-refractivity contribution in [2.75, 3.05) is 31.6 Å². The predicted molar refractivity (Wildman–Crippen MR) is 113 cm³/mol. The molecule has 0 atom stereocenters. The Balaban J connectivity index is 1.55. The van der Waals surface area contributed by atoms with Gasteiger partial charge in [0.15, 0.2) is 5.69 Å². The van der Waals surface area contributed by atoms with Crippen LogP contribution in [0.5, 0.6) is 0 Å². The molecule has 11 heteroatoms. The first-order chi connectivity index (χ1) is 14.8. The monoisotopic (exact) mass is 464 g/mol. The predicted octanol–water partition coefficient (Wildman–Crippen LogP) is 2.94. The minimum Gasteiger partial charge on any atom is -0.379 e. The molecule has 0 bridgehead atoms. The number of carbonyl (C=O) groups is 1. The average molecular weight is 465 g/mol. The maximum atomic E-state index is 13.4. The van der Waals surface area contributed by atoms with Gasteiger partial charge >= 0.3 is 0 Å². The molecule has 2 heterocycles. The summed E-state index contributed by atoms with van der Waals surface area (Å²) in [5.41, 5.74) is 0.794. The fourth-order valence-corrected chi connectivity index (χ4v) is 5.02. The minimum absolute atomic E-state index is 0.0554. The van der Waals surface area contributed by atoms with Gasteiger partial charge in [-0.2, -0.15) is 9.40 Å². The van der Waals surface area contributed by atoms with Crippen molar-refractivity contribution in [1.82, 2.24) is 14.1 Å². The maximum absolute atomic E-state index is 13.4. The first kappa shape index (κ1) is 21.4. The third-order valence-corrected chi connectivity index (χ3v) is 7.05. The Hall–Kier alpha value is -2.79. The molecule has 162 valence electrons. The molecule has 1 aliphatic rings. The summed E-state index contributed by atoms with van der Waals surface area (Å²) in [5.74, 6) is -0.971. The first-order valence-electron chi connectivity index (χ1n) is 9.35. The van der Waals surface area contributed by atoms with Crippen molar-refractivity contribution in [2.24, 2.45) is 0 Å². The lowest BCUT2D eigenvalue weighted by atomic mass is 10.3. The molecule has 1 fully saturated rings. The summed E-state index contributed by atoms with van der Waals surface area (Å²) in [6.45, 7) is 1.07. The van der Waals surface area contributed by atoms with Crippen LogP contribution in [0.4, 0.5) is 10.1 Å². The summed E-state index contributed by atoms with van der Waals surface area (Å²) in [4.78, 5) is 12.5. The van der Waals surface area contributed by atoms with E-state index in [1.165, 1.54) is 57.6 Å². The van der Waals surface area contributed by atoms with Crippen molar-refractivity contribution < 1.29 is 22.3 Å². The molecule has 1 aliphatic heterocycles. The van der Waals surface area contributed by atoms with Gasteiger partial charge < -0.3 is 10.1 Å². The van der Waals surface area contributed by atoms with Crippen molar-refractivity contribution in [3.8, 4) is 5.69 Å². The number of nitrogens with zero attached hydrogens (tertiary/aromatic N) is 3. The van der Waals surface area contributed by atoms with Gasteiger partial charge in [-0.15, -0.1) is 0 Å². The van der Waals surface area contributed by atoms with Crippen LogP contribution in [0.15, 0.2) is 59.6 Å². The molecule has 8 nitrogen and oxygen atoms in total. The van der Waals surface area contributed by atoms with E-state index in [2.05, 4.69) is 10.4 Å². The standard InChI is InChI=1S/C20H18ClFN4O4S/c21-17-5-4-15(13-19(17)31(28,29)25-8-10-30-11-9-25)23-20(27)18-6-7-26(24-18)16-3-1-2-14(22)12-16/h1-7,12-13H,8-11H2,(H,23,27). The molecule has 0 aliphatic carbocycles. The Morgan fingerprint density at radius 2 is 1.90 bits per heavy atom. The van der Waals surface area contributed by atoms with Crippen molar-refractivity contribution >= 4 is 33.2 Å². The number of anilines is 1. The van der Waals surface area contributed by atoms with Gasteiger partial charge in [0.1, 0.15) is 10.7 Å². The Labute approximate surface area is 183 Å². The van der Waals surface area contributed by atoms with Crippen molar-refractivity contribution in [1.29, 1.82) is 0 Å². The number of amides is 1. The topological polar surface area (TPSA) is 93.5 Å². The van der Waals surface area contributed by atoms with E-state index in [1.807, 2.05) is 0 Å². The van der Waals surface area contributed by atoms with Crippen LogP contribution in [0.1, 0.15) is 10.5 Å². The van der Waals surface area contributed by atoms with Crippen molar-refractivity contribution in [2.45, 2.75) is 4.90 Å². The van der Waals surface area contributed by atoms with E-state index in [-0.39, 0.29) is 34.4 Å². The Morgan fingerprint density at radius 1 is 1.13 bits per heavy atom. The smallest absolute Gasteiger partial charge is 0.276 e. The third-order valence-electron chi connectivity index (χ3n) is 4.67. The Morgan fingerprint density at radius 3 is 2.65 bits per heavy atom. The van der Waals surface area contributed by atoms with Crippen LogP contribution < -0.4 is 5.32 Å². The van der Waals surface area contributed by atoms with Crippen LogP contribution in [0.2, 0.25) is 5.02 Å². The summed E-state index contributed by atoms with van der Waals surface area (Å²) in [6.07, 6.45) is 1.53. The fourth-order valence-electron chi connectivity index (χ4n) is 3.11. The zero-order valence-electron chi connectivity index (χ0n) is 16.2. The van der Waals surface area contributed by atoms with Crippen LogP contribution >= 0.6 is 11.6 Å². The van der Waals surface area contributed by atoms with Crippen LogP contribution in [-0.4, -0.2) is 54.7 Å². The molecular formula is C20H18ClFN4O4S. The van der Waals surface area contributed by atoms with Crippen molar-refractivity contribution in [3.05, 3.63) is 71.3 Å². The van der Waals surface area contributed by atoms with Crippen LogP contribution in [0, 0.1) is 5.82 Å². The molecule has 0 saturated carbocycles. The highest BCUT2D eigenvalue weighted by Crippen LogP contribution is 2.28. The minimum atomic E-state index is -3.84. The second-order valence-electron chi connectivity index (χ2n) is 6.74. The number of rotatable bonds is 5. The Bertz CT molecular complexity index is 1230. The lowest BCUT2D eigenvalue weighted by molar-refractivity contribution is 0.0730. The molecule has 1 N–H and O–H groups in total. The van der Waals surface area contributed by atoms with Crippen LogP contribution in [0.25, 0.3) is 5.69 Å². The summed E-state index contributed by atoms with van der Waals surface area (Å²) < 4.78 is 47.1. The molecule has 1 amide bonds. The summed E-state index contributed by atoms with van der Waals surface area (Å²) >= 11 is 6.14. The molecule has 1 aromatic heterocycles. The zero-order valence-corrected chi connectivity index (χ0v) is 17.7. The number of hydrogen-bond donors (Lipinski definition) is 1. The van der Waals surface area contributed by atoms with Crippen molar-refractivity contribution in [3.63, 3.8) is 0 Å². The number of ether oxygens (including phenoxy) is 1. The van der Waals surface area contributed by atoms with Gasteiger partial charge in [-0.1, -0.05) is 17.7 Å². The normalized spacial score (nSPS) is 15.0. The van der Waals surface area contributed by atoms with E-state index >= 15 is 0 Å². The number of morpholine rings is 1. The van der Waals surface area contributed by atoms with E-state index < -0.39 is 21.7 Å². The second kappa shape index (κ2) is 8.75. The summed E-state index contributed by atoms with van der Waals surface area (Å²) in [7, 11) is -3.84. The van der Waals surface area contributed by atoms with Crippen LogP contribution in [0.3, 0.4) is 0 Å². The van der Waals surface area contributed by atoms with Gasteiger partial charge in [0.05, 0.1) is 23.9 Å². The number of hydrogen-bond acceptors (Lipinski definition) is 5. The molecular weight excluding hydrogens is 447 g/mol. The SMILES string of the molecule is O=C(Nc1ccc(Cl)c(S(=O)(=O)N2CCOCC2)c1)c1ccn(-c2cccc(F)c2)n1. The van der Waals surface area contributed by atoms with E-state index in [0.717, 1.165) is 0 Å². The number of sulfonamides is 1. The second-order valence-corrected chi connectivity index (χ2v) is 9.05. The van der Waals surface area contributed by atoms with E-state index in [1.54, 1.807) is 6.07 Å². The molecule has 3 aromatic rings. The van der Waals surface area contributed by atoms with Gasteiger partial charge in [-0.3, -0.25) is 4.79 Å². The molecule has 1 saturated heterocycles. The van der Waals surface area contributed by atoms with Gasteiger partial charge in [0, 0.05) is 25.0 Å². The quantitative estimate of drug-likeness (QED) is 0.626. The van der Waals surface area contributed by atoms with Gasteiger partial charge in [0.2, 0.25) is 10.0 Å². The lowest BCUT2D eigenvalue weighted by Crippen LogP contribution is -2.40. The number of benzene rings is 2. The fraction of sp³-hybridized carbons (Fsp3) is 0.200. The number of halogens is 2. The zero-order chi connectivity index (χ0) is 22.0. The number of nitrogens with one attached hydrogen (secondary N) is 1. The summed E-state index contributed by atoms with van der Waals surface area (Å²) in [6, 6.07) is 11.5. The Kier molecular flexibility index (Phi) is 6.05. The molecule has 4 rings (SSSR count). The number of aromatic nitrogens is 2. The first-order valence-corrected chi connectivity index (χ1v) is 11.2. The largest absolute Gasteiger partial charge is 0.379 e. The third kappa shape index (κ3) is 4.62. The lowest BCUT2D eigenvalue weighted by Gasteiger charge is -2.26. The molecule has 31 heavy (non-hydrogen) atoms. The van der Waals surface area contributed by atoms with Gasteiger partial charge in [0.25, 0.3) is 5.91 Å². The van der Waals surface area contributed by atoms with E-state index in [9.17, 15) is 17.6 Å². The van der Waals surface area contributed by atoms with E-state index in [0.29, 0.717) is 18.9 Å². The maximum Gasteiger partial charge on any atom is 0.276 e. The molecule has 0 radical (unpaired) electrons. The van der Waals surface area contributed by atoms with Gasteiger partial charge in [-0.05, 0) is 42.5 Å². The van der Waals surface area contributed by atoms with E-state index in [4.69, 9.17) is 16.3 Å². The van der Waals surface area contributed by atoms with Crippen LogP contribution in [-0.2, 0) is 14.8 Å². The molecule has 0 unspecified atom stereocenters. The molecule has 2 aromatic carbocycles. The highest BCUT2D eigenvalue weighted by Gasteiger charge is 2.28. The number of carbonyl (C=O) groups excluding carboxylic acids is 1. The molecule has 0 spiro atoms. The highest BCUT2D eigenvalue weighted by atomic mass is 35.5. The average Bonchev–Trinajstić information content (AvgIpc) is 3.26. The highest BCUT2D eigenvalue weighted by molar-refractivity contribution is 7.89. The van der Waals surface area contributed by atoms with Gasteiger partial charge in [-0.25, -0.2) is 17.5 Å².